The Bertz CT molecular complexity index is 914. The Morgan fingerprint density at radius 3 is 2.96 bits per heavy atom. The second-order valence-corrected chi connectivity index (χ2v) is 6.82. The normalized spacial score (nSPS) is 20.4. The van der Waals surface area contributed by atoms with Crippen LogP contribution in [0.1, 0.15) is 30.8 Å². The number of aryl methyl sites for hydroxylation is 1. The SMILES string of the molecule is CCN1C(=O)C[C@@H](CNCc2cnn3ccccc23)[C@@H]1c1nccn1C. The van der Waals surface area contributed by atoms with Gasteiger partial charge in [-0.3, -0.25) is 4.79 Å². The second kappa shape index (κ2) is 6.92. The van der Waals surface area contributed by atoms with E-state index >= 15 is 0 Å². The largest absolute Gasteiger partial charge is 0.336 e. The number of hydrogen-bond donors (Lipinski definition) is 1. The van der Waals surface area contributed by atoms with Gasteiger partial charge in [0.1, 0.15) is 5.82 Å². The maximum Gasteiger partial charge on any atom is 0.223 e. The van der Waals surface area contributed by atoms with Crippen LogP contribution in [-0.4, -0.2) is 43.1 Å². The number of pyridine rings is 1. The second-order valence-electron chi connectivity index (χ2n) is 6.82. The number of nitrogens with one attached hydrogen (secondary N) is 1. The van der Waals surface area contributed by atoms with Gasteiger partial charge in [-0.25, -0.2) is 9.50 Å². The van der Waals surface area contributed by atoms with Gasteiger partial charge in [0.15, 0.2) is 0 Å². The average Bonchev–Trinajstić information content (AvgIpc) is 3.32. The molecule has 0 aromatic carbocycles. The molecule has 1 aliphatic heterocycles. The quantitative estimate of drug-likeness (QED) is 0.734. The summed E-state index contributed by atoms with van der Waals surface area (Å²) >= 11 is 0. The van der Waals surface area contributed by atoms with E-state index in [-0.39, 0.29) is 17.9 Å². The van der Waals surface area contributed by atoms with Crippen molar-refractivity contribution in [3.63, 3.8) is 0 Å². The van der Waals surface area contributed by atoms with Crippen LogP contribution >= 0.6 is 0 Å². The molecule has 0 unspecified atom stereocenters. The molecule has 26 heavy (non-hydrogen) atoms. The van der Waals surface area contributed by atoms with Gasteiger partial charge in [0, 0.05) is 63.2 Å². The predicted octanol–water partition coefficient (Wildman–Crippen LogP) is 1.77. The van der Waals surface area contributed by atoms with E-state index in [4.69, 9.17) is 0 Å². The molecule has 1 amide bonds. The van der Waals surface area contributed by atoms with Crippen molar-refractivity contribution in [2.24, 2.45) is 13.0 Å². The molecule has 1 aliphatic rings. The lowest BCUT2D eigenvalue weighted by Gasteiger charge is -2.27. The molecule has 0 saturated carbocycles. The van der Waals surface area contributed by atoms with Gasteiger partial charge in [0.05, 0.1) is 17.8 Å². The van der Waals surface area contributed by atoms with Crippen LogP contribution in [0.3, 0.4) is 0 Å². The first kappa shape index (κ1) is 16.8. The van der Waals surface area contributed by atoms with Crippen molar-refractivity contribution < 1.29 is 4.79 Å². The Kier molecular flexibility index (Phi) is 4.46. The third-order valence-corrected chi connectivity index (χ3v) is 5.23. The van der Waals surface area contributed by atoms with Crippen molar-refractivity contribution in [3.8, 4) is 0 Å². The minimum atomic E-state index is 0.0314. The number of hydrogen-bond acceptors (Lipinski definition) is 4. The summed E-state index contributed by atoms with van der Waals surface area (Å²) in [6, 6.07) is 6.09. The lowest BCUT2D eigenvalue weighted by Crippen LogP contribution is -2.33. The molecule has 4 rings (SSSR count). The number of fused-ring (bicyclic) bond motifs is 1. The molecule has 4 heterocycles. The Labute approximate surface area is 152 Å². The monoisotopic (exact) mass is 352 g/mol. The maximum absolute atomic E-state index is 12.4. The number of rotatable bonds is 6. The number of amides is 1. The molecule has 0 spiro atoms. The smallest absolute Gasteiger partial charge is 0.223 e. The highest BCUT2D eigenvalue weighted by Gasteiger charge is 2.41. The van der Waals surface area contributed by atoms with Gasteiger partial charge in [-0.1, -0.05) is 6.07 Å². The van der Waals surface area contributed by atoms with Crippen LogP contribution in [0.25, 0.3) is 5.52 Å². The minimum absolute atomic E-state index is 0.0314. The van der Waals surface area contributed by atoms with Crippen LogP contribution in [0.15, 0.2) is 43.0 Å². The zero-order valence-electron chi connectivity index (χ0n) is 15.2. The minimum Gasteiger partial charge on any atom is -0.336 e. The molecule has 3 aromatic rings. The molecule has 7 heteroatoms. The number of nitrogens with zero attached hydrogens (tertiary/aromatic N) is 5. The van der Waals surface area contributed by atoms with E-state index in [1.807, 2.05) is 58.7 Å². The zero-order chi connectivity index (χ0) is 18.1. The third-order valence-electron chi connectivity index (χ3n) is 5.23. The third kappa shape index (κ3) is 2.88. The molecule has 0 bridgehead atoms. The van der Waals surface area contributed by atoms with E-state index in [0.717, 1.165) is 30.0 Å². The molecule has 0 aliphatic carbocycles. The van der Waals surface area contributed by atoms with Crippen LogP contribution in [0.5, 0.6) is 0 Å². The molecule has 3 aromatic heterocycles. The Hall–Kier alpha value is -2.67. The lowest BCUT2D eigenvalue weighted by atomic mass is 9.99. The molecule has 1 fully saturated rings. The molecule has 1 N–H and O–H groups in total. The Morgan fingerprint density at radius 1 is 1.31 bits per heavy atom. The summed E-state index contributed by atoms with van der Waals surface area (Å²) < 4.78 is 3.90. The van der Waals surface area contributed by atoms with Crippen molar-refractivity contribution in [1.82, 2.24) is 29.4 Å². The van der Waals surface area contributed by atoms with Gasteiger partial charge in [0.2, 0.25) is 5.91 Å². The first-order valence-corrected chi connectivity index (χ1v) is 9.07. The van der Waals surface area contributed by atoms with E-state index in [2.05, 4.69) is 21.5 Å². The summed E-state index contributed by atoms with van der Waals surface area (Å²) in [5.41, 5.74) is 2.27. The molecular weight excluding hydrogens is 328 g/mol. The molecule has 136 valence electrons. The molecule has 1 saturated heterocycles. The molecule has 7 nitrogen and oxygen atoms in total. The summed E-state index contributed by atoms with van der Waals surface area (Å²) in [7, 11) is 1.99. The Balaban J connectivity index is 1.48. The van der Waals surface area contributed by atoms with Crippen molar-refractivity contribution in [3.05, 3.63) is 54.4 Å². The van der Waals surface area contributed by atoms with E-state index in [1.54, 1.807) is 6.20 Å². The lowest BCUT2D eigenvalue weighted by molar-refractivity contribution is -0.128. The van der Waals surface area contributed by atoms with E-state index in [0.29, 0.717) is 13.0 Å². The van der Waals surface area contributed by atoms with Crippen molar-refractivity contribution >= 4 is 11.4 Å². The van der Waals surface area contributed by atoms with Crippen molar-refractivity contribution in [2.45, 2.75) is 25.9 Å². The summed E-state index contributed by atoms with van der Waals surface area (Å²) in [5.74, 6) is 1.38. The predicted molar refractivity (Wildman–Crippen MR) is 98.3 cm³/mol. The summed E-state index contributed by atoms with van der Waals surface area (Å²) in [6.45, 7) is 4.24. The first-order valence-electron chi connectivity index (χ1n) is 9.07. The van der Waals surface area contributed by atoms with Gasteiger partial charge in [-0.05, 0) is 19.1 Å². The summed E-state index contributed by atoms with van der Waals surface area (Å²) in [5, 5.41) is 7.90. The summed E-state index contributed by atoms with van der Waals surface area (Å²) in [6.07, 6.45) is 8.15. The van der Waals surface area contributed by atoms with Crippen LogP contribution in [-0.2, 0) is 18.4 Å². The van der Waals surface area contributed by atoms with E-state index in [1.165, 1.54) is 0 Å². The topological polar surface area (TPSA) is 67.5 Å². The zero-order valence-corrected chi connectivity index (χ0v) is 15.2. The molecule has 0 radical (unpaired) electrons. The fourth-order valence-electron chi connectivity index (χ4n) is 3.95. The van der Waals surface area contributed by atoms with Gasteiger partial charge >= 0.3 is 0 Å². The Morgan fingerprint density at radius 2 is 2.19 bits per heavy atom. The fraction of sp³-hybridized carbons (Fsp3) is 0.421. The van der Waals surface area contributed by atoms with Crippen LogP contribution in [0, 0.1) is 5.92 Å². The van der Waals surface area contributed by atoms with Crippen LogP contribution in [0.4, 0.5) is 0 Å². The maximum atomic E-state index is 12.4. The van der Waals surface area contributed by atoms with Crippen molar-refractivity contribution in [1.29, 1.82) is 0 Å². The fourth-order valence-corrected chi connectivity index (χ4v) is 3.95. The highest BCUT2D eigenvalue weighted by molar-refractivity contribution is 5.79. The number of likely N-dealkylation sites (tertiary alicyclic amines) is 1. The number of carbonyl (C=O) groups is 1. The van der Waals surface area contributed by atoms with E-state index < -0.39 is 0 Å². The van der Waals surface area contributed by atoms with Gasteiger partial charge in [-0.15, -0.1) is 0 Å². The number of imidazole rings is 1. The van der Waals surface area contributed by atoms with Gasteiger partial charge < -0.3 is 14.8 Å². The van der Waals surface area contributed by atoms with Gasteiger partial charge in [-0.2, -0.15) is 5.10 Å². The average molecular weight is 352 g/mol. The first-order chi connectivity index (χ1) is 12.7. The van der Waals surface area contributed by atoms with Crippen LogP contribution in [0.2, 0.25) is 0 Å². The standard InChI is InChI=1S/C19H24N6O/c1-3-24-17(26)10-14(18(24)19-21-7-9-23(19)2)11-20-12-15-13-22-25-8-5-4-6-16(15)25/h4-9,13-14,18,20H,3,10-12H2,1-2H3/t14-,18+/m0/s1. The number of aromatic nitrogens is 4. The van der Waals surface area contributed by atoms with Crippen LogP contribution < -0.4 is 5.32 Å². The summed E-state index contributed by atoms with van der Waals surface area (Å²) in [4.78, 5) is 18.9. The van der Waals surface area contributed by atoms with Gasteiger partial charge in [0.25, 0.3) is 0 Å². The molecular formula is C19H24N6O. The molecule has 2 atom stereocenters. The number of carbonyl (C=O) groups excluding carboxylic acids is 1. The highest BCUT2D eigenvalue weighted by atomic mass is 16.2. The van der Waals surface area contributed by atoms with Crippen molar-refractivity contribution in [2.75, 3.05) is 13.1 Å². The van der Waals surface area contributed by atoms with E-state index in [9.17, 15) is 4.79 Å². The highest BCUT2D eigenvalue weighted by Crippen LogP contribution is 2.36.